The van der Waals surface area contributed by atoms with E-state index in [-0.39, 0.29) is 16.9 Å². The predicted octanol–water partition coefficient (Wildman–Crippen LogP) is 2.33. The SMILES string of the molecule is N#Cc1ccc(C(=O)C(=O)c2ccc(O)cc2)cc1. The van der Waals surface area contributed by atoms with E-state index >= 15 is 0 Å². The second-order valence-electron chi connectivity index (χ2n) is 3.89. The molecule has 4 heteroatoms. The van der Waals surface area contributed by atoms with Gasteiger partial charge in [0.05, 0.1) is 11.6 Å². The number of Topliss-reactive ketones (excluding diaryl/α,β-unsaturated/α-hetero) is 2. The van der Waals surface area contributed by atoms with Crippen LogP contribution in [0.1, 0.15) is 26.3 Å². The summed E-state index contributed by atoms with van der Waals surface area (Å²) in [7, 11) is 0. The monoisotopic (exact) mass is 251 g/mol. The summed E-state index contributed by atoms with van der Waals surface area (Å²) in [5.74, 6) is -1.26. The Morgan fingerprint density at radius 2 is 1.26 bits per heavy atom. The van der Waals surface area contributed by atoms with Crippen molar-refractivity contribution in [3.05, 3.63) is 65.2 Å². The lowest BCUT2D eigenvalue weighted by atomic mass is 10.0. The molecule has 2 aromatic rings. The number of ketones is 2. The maximum atomic E-state index is 11.9. The molecule has 1 N–H and O–H groups in total. The van der Waals surface area contributed by atoms with E-state index < -0.39 is 11.6 Å². The molecular weight excluding hydrogens is 242 g/mol. The van der Waals surface area contributed by atoms with Crippen molar-refractivity contribution in [2.45, 2.75) is 0 Å². The minimum Gasteiger partial charge on any atom is -0.508 e. The minimum atomic E-state index is -0.648. The standard InChI is InChI=1S/C15H9NO3/c16-9-10-1-3-11(4-2-10)14(18)15(19)12-5-7-13(17)8-6-12/h1-8,17H. The largest absolute Gasteiger partial charge is 0.508 e. The first-order valence-electron chi connectivity index (χ1n) is 5.50. The number of carbonyl (C=O) groups excluding carboxylic acids is 2. The van der Waals surface area contributed by atoms with Crippen LogP contribution in [0.3, 0.4) is 0 Å². The van der Waals surface area contributed by atoms with E-state index in [2.05, 4.69) is 0 Å². The van der Waals surface area contributed by atoms with Crippen molar-refractivity contribution < 1.29 is 14.7 Å². The summed E-state index contributed by atoms with van der Waals surface area (Å²) in [5.41, 5.74) is 0.873. The van der Waals surface area contributed by atoms with E-state index in [0.29, 0.717) is 5.56 Å². The van der Waals surface area contributed by atoms with Gasteiger partial charge in [0.2, 0.25) is 11.6 Å². The third-order valence-corrected chi connectivity index (χ3v) is 2.61. The van der Waals surface area contributed by atoms with Gasteiger partial charge in [-0.3, -0.25) is 9.59 Å². The lowest BCUT2D eigenvalue weighted by Crippen LogP contribution is -2.14. The van der Waals surface area contributed by atoms with Gasteiger partial charge < -0.3 is 5.11 Å². The first kappa shape index (κ1) is 12.5. The van der Waals surface area contributed by atoms with E-state index in [9.17, 15) is 9.59 Å². The predicted molar refractivity (Wildman–Crippen MR) is 67.9 cm³/mol. The van der Waals surface area contributed by atoms with Crippen LogP contribution in [-0.4, -0.2) is 16.7 Å². The fourth-order valence-corrected chi connectivity index (χ4v) is 1.57. The van der Waals surface area contributed by atoms with Gasteiger partial charge in [-0.1, -0.05) is 0 Å². The molecule has 0 amide bonds. The van der Waals surface area contributed by atoms with E-state index in [0.717, 1.165) is 0 Å². The Morgan fingerprint density at radius 3 is 1.68 bits per heavy atom. The molecule has 0 radical (unpaired) electrons. The fraction of sp³-hybridized carbons (Fsp3) is 0. The molecule has 2 aromatic carbocycles. The highest BCUT2D eigenvalue weighted by molar-refractivity contribution is 6.49. The van der Waals surface area contributed by atoms with Gasteiger partial charge in [0, 0.05) is 11.1 Å². The molecule has 2 rings (SSSR count). The van der Waals surface area contributed by atoms with Crippen LogP contribution in [0, 0.1) is 11.3 Å². The number of hydrogen-bond acceptors (Lipinski definition) is 4. The number of phenolic OH excluding ortho intramolecular Hbond substituents is 1. The van der Waals surface area contributed by atoms with Crippen molar-refractivity contribution in [1.29, 1.82) is 5.26 Å². The molecule has 19 heavy (non-hydrogen) atoms. The Bertz CT molecular complexity index is 664. The van der Waals surface area contributed by atoms with Gasteiger partial charge in [-0.15, -0.1) is 0 Å². The van der Waals surface area contributed by atoms with Crippen LogP contribution in [0.15, 0.2) is 48.5 Å². The summed E-state index contributed by atoms with van der Waals surface area (Å²) in [6, 6.07) is 13.3. The van der Waals surface area contributed by atoms with Crippen LogP contribution in [0.2, 0.25) is 0 Å². The Labute approximate surface area is 109 Å². The number of aromatic hydroxyl groups is 1. The van der Waals surface area contributed by atoms with Crippen LogP contribution in [0.25, 0.3) is 0 Å². The molecule has 0 aliphatic rings. The van der Waals surface area contributed by atoms with Gasteiger partial charge in [0.1, 0.15) is 5.75 Å². The smallest absolute Gasteiger partial charge is 0.233 e. The maximum Gasteiger partial charge on any atom is 0.233 e. The minimum absolute atomic E-state index is 0.0300. The van der Waals surface area contributed by atoms with E-state index in [1.165, 1.54) is 48.5 Å². The van der Waals surface area contributed by atoms with Crippen molar-refractivity contribution in [2.75, 3.05) is 0 Å². The zero-order valence-corrected chi connectivity index (χ0v) is 9.83. The van der Waals surface area contributed by atoms with Gasteiger partial charge in [0.25, 0.3) is 0 Å². The second kappa shape index (κ2) is 5.15. The quantitative estimate of drug-likeness (QED) is 0.670. The van der Waals surface area contributed by atoms with Crippen LogP contribution < -0.4 is 0 Å². The van der Waals surface area contributed by atoms with E-state index in [1.807, 2.05) is 6.07 Å². The molecule has 0 heterocycles. The molecule has 0 bridgehead atoms. The number of nitrogens with zero attached hydrogens (tertiary/aromatic N) is 1. The van der Waals surface area contributed by atoms with Crippen LogP contribution >= 0.6 is 0 Å². The van der Waals surface area contributed by atoms with Crippen LogP contribution in [0.5, 0.6) is 5.75 Å². The topological polar surface area (TPSA) is 78.2 Å². The first-order valence-corrected chi connectivity index (χ1v) is 5.50. The number of phenols is 1. The highest BCUT2D eigenvalue weighted by Gasteiger charge is 2.18. The number of rotatable bonds is 3. The Hall–Kier alpha value is -2.93. The molecule has 0 saturated carbocycles. The zero-order chi connectivity index (χ0) is 13.8. The normalized spacial score (nSPS) is 9.63. The number of hydrogen-bond donors (Lipinski definition) is 1. The summed E-state index contributed by atoms with van der Waals surface area (Å²) in [6.45, 7) is 0. The van der Waals surface area contributed by atoms with Gasteiger partial charge in [-0.05, 0) is 48.5 Å². The lowest BCUT2D eigenvalue weighted by Gasteiger charge is -2.01. The number of nitriles is 1. The lowest BCUT2D eigenvalue weighted by molar-refractivity contribution is 0.0817. The number of benzene rings is 2. The van der Waals surface area contributed by atoms with Gasteiger partial charge in [0.15, 0.2) is 0 Å². The highest BCUT2D eigenvalue weighted by atomic mass is 16.3. The molecule has 0 aliphatic heterocycles. The highest BCUT2D eigenvalue weighted by Crippen LogP contribution is 2.13. The summed E-state index contributed by atoms with van der Waals surface area (Å²) in [4.78, 5) is 23.8. The van der Waals surface area contributed by atoms with Crippen LogP contribution in [-0.2, 0) is 0 Å². The van der Waals surface area contributed by atoms with E-state index in [4.69, 9.17) is 10.4 Å². The number of carbonyl (C=O) groups is 2. The Balaban J connectivity index is 2.26. The van der Waals surface area contributed by atoms with Crippen molar-refractivity contribution in [3.63, 3.8) is 0 Å². The van der Waals surface area contributed by atoms with Crippen LogP contribution in [0.4, 0.5) is 0 Å². The Kier molecular flexibility index (Phi) is 3.39. The van der Waals surface area contributed by atoms with Crippen molar-refractivity contribution >= 4 is 11.6 Å². The molecule has 0 fully saturated rings. The molecule has 0 aliphatic carbocycles. The average molecular weight is 251 g/mol. The van der Waals surface area contributed by atoms with Crippen molar-refractivity contribution in [1.82, 2.24) is 0 Å². The molecule has 0 aromatic heterocycles. The molecule has 4 nitrogen and oxygen atoms in total. The maximum absolute atomic E-state index is 11.9. The summed E-state index contributed by atoms with van der Waals surface area (Å²) in [6.07, 6.45) is 0. The third-order valence-electron chi connectivity index (χ3n) is 2.61. The molecular formula is C15H9NO3. The third kappa shape index (κ3) is 2.67. The van der Waals surface area contributed by atoms with Crippen molar-refractivity contribution in [2.24, 2.45) is 0 Å². The second-order valence-corrected chi connectivity index (χ2v) is 3.89. The first-order chi connectivity index (χ1) is 9.11. The molecule has 0 atom stereocenters. The van der Waals surface area contributed by atoms with Gasteiger partial charge in [-0.2, -0.15) is 5.26 Å². The van der Waals surface area contributed by atoms with E-state index in [1.54, 1.807) is 0 Å². The molecule has 0 spiro atoms. The molecule has 0 saturated heterocycles. The summed E-state index contributed by atoms with van der Waals surface area (Å²) >= 11 is 0. The van der Waals surface area contributed by atoms with Gasteiger partial charge in [-0.25, -0.2) is 0 Å². The molecule has 92 valence electrons. The Morgan fingerprint density at radius 1 is 0.842 bits per heavy atom. The fourth-order valence-electron chi connectivity index (χ4n) is 1.57. The van der Waals surface area contributed by atoms with Gasteiger partial charge >= 0.3 is 0 Å². The van der Waals surface area contributed by atoms with Crippen molar-refractivity contribution in [3.8, 4) is 11.8 Å². The summed E-state index contributed by atoms with van der Waals surface area (Å²) < 4.78 is 0. The average Bonchev–Trinajstić information content (AvgIpc) is 2.46. The zero-order valence-electron chi connectivity index (χ0n) is 9.83. The molecule has 0 unspecified atom stereocenters. The summed E-state index contributed by atoms with van der Waals surface area (Å²) in [5, 5.41) is 17.8.